The van der Waals surface area contributed by atoms with Crippen LogP contribution in [0.4, 0.5) is 11.4 Å². The monoisotopic (exact) mass is 450 g/mol. The molecule has 6 nitrogen and oxygen atoms in total. The Kier molecular flexibility index (Phi) is 8.57. The molecule has 8 heteroatoms. The van der Waals surface area contributed by atoms with Crippen LogP contribution in [0.25, 0.3) is 0 Å². The van der Waals surface area contributed by atoms with Gasteiger partial charge < -0.3 is 9.47 Å². The zero-order valence-corrected chi connectivity index (χ0v) is 18.7. The van der Waals surface area contributed by atoms with Crippen molar-refractivity contribution in [3.8, 4) is 0 Å². The van der Waals surface area contributed by atoms with Gasteiger partial charge in [0.1, 0.15) is 0 Å². The zero-order valence-electron chi connectivity index (χ0n) is 17.2. The number of esters is 2. The van der Waals surface area contributed by atoms with Crippen LogP contribution < -0.4 is 8.84 Å². The quantitative estimate of drug-likeness (QED) is 0.303. The SMILES string of the molecule is CC(C)OC(=O)/C(=C(\C(=O)OC(C)C)N(Cl)c1ccccc1)N(Cl)c1ccccc1. The summed E-state index contributed by atoms with van der Waals surface area (Å²) in [5.74, 6) is -1.64. The summed E-state index contributed by atoms with van der Waals surface area (Å²) in [5.41, 5.74) is 0.368. The van der Waals surface area contributed by atoms with Gasteiger partial charge in [-0.3, -0.25) is 0 Å². The fourth-order valence-electron chi connectivity index (χ4n) is 2.46. The van der Waals surface area contributed by atoms with Gasteiger partial charge in [-0.15, -0.1) is 0 Å². The first-order valence-corrected chi connectivity index (χ1v) is 10.1. The zero-order chi connectivity index (χ0) is 22.3. The maximum absolute atomic E-state index is 13.0. The highest BCUT2D eigenvalue weighted by Crippen LogP contribution is 2.31. The van der Waals surface area contributed by atoms with E-state index in [2.05, 4.69) is 0 Å². The molecule has 0 saturated carbocycles. The van der Waals surface area contributed by atoms with E-state index in [1.165, 1.54) is 0 Å². The average Bonchev–Trinajstić information content (AvgIpc) is 2.71. The molecule has 0 saturated heterocycles. The summed E-state index contributed by atoms with van der Waals surface area (Å²) in [6.45, 7) is 6.77. The number of benzene rings is 2. The van der Waals surface area contributed by atoms with Crippen molar-refractivity contribution < 1.29 is 19.1 Å². The van der Waals surface area contributed by atoms with E-state index in [1.54, 1.807) is 88.4 Å². The van der Waals surface area contributed by atoms with Gasteiger partial charge in [0, 0.05) is 23.6 Å². The number of halogens is 2. The van der Waals surface area contributed by atoms with Crippen LogP contribution in [0.3, 0.4) is 0 Å². The molecule has 0 aliphatic rings. The highest BCUT2D eigenvalue weighted by molar-refractivity contribution is 6.34. The number of hydrogen-bond acceptors (Lipinski definition) is 6. The predicted molar refractivity (Wildman–Crippen MR) is 119 cm³/mol. The van der Waals surface area contributed by atoms with Crippen LogP contribution >= 0.6 is 23.6 Å². The number of rotatable bonds is 8. The molecule has 0 heterocycles. The molecule has 0 bridgehead atoms. The van der Waals surface area contributed by atoms with Crippen LogP contribution in [0.1, 0.15) is 27.7 Å². The van der Waals surface area contributed by atoms with Gasteiger partial charge in [-0.2, -0.15) is 0 Å². The van der Waals surface area contributed by atoms with E-state index in [4.69, 9.17) is 33.0 Å². The molecule has 30 heavy (non-hydrogen) atoms. The number of anilines is 2. The summed E-state index contributed by atoms with van der Waals surface area (Å²) < 4.78 is 12.8. The molecule has 0 aliphatic carbocycles. The Morgan fingerprint density at radius 2 is 0.967 bits per heavy atom. The topological polar surface area (TPSA) is 59.1 Å². The Morgan fingerprint density at radius 3 is 1.23 bits per heavy atom. The van der Waals surface area contributed by atoms with E-state index < -0.39 is 24.1 Å². The molecule has 0 radical (unpaired) electrons. The Bertz CT molecular complexity index is 813. The molecule has 0 aliphatic heterocycles. The fraction of sp³-hybridized carbons (Fsp3) is 0.273. The van der Waals surface area contributed by atoms with Gasteiger partial charge in [0.25, 0.3) is 0 Å². The summed E-state index contributed by atoms with van der Waals surface area (Å²) in [6.07, 6.45) is -0.896. The van der Waals surface area contributed by atoms with Crippen LogP contribution in [0, 0.1) is 0 Å². The number of ether oxygens (including phenoxy) is 2. The van der Waals surface area contributed by atoms with Crippen molar-refractivity contribution >= 4 is 46.9 Å². The third-order valence-corrected chi connectivity index (χ3v) is 4.38. The summed E-state index contributed by atoms with van der Waals surface area (Å²) in [7, 11) is 0. The molecule has 0 unspecified atom stereocenters. The van der Waals surface area contributed by atoms with Crippen molar-refractivity contribution in [1.29, 1.82) is 0 Å². The lowest BCUT2D eigenvalue weighted by molar-refractivity contribution is -0.146. The maximum Gasteiger partial charge on any atom is 0.359 e. The first kappa shape index (κ1) is 23.6. The summed E-state index contributed by atoms with van der Waals surface area (Å²) in [4.78, 5) is 26.1. The molecule has 2 aromatic rings. The molecule has 0 aromatic heterocycles. The second-order valence-corrected chi connectivity index (χ2v) is 7.51. The minimum atomic E-state index is -0.818. The first-order valence-electron chi connectivity index (χ1n) is 9.40. The number of carbonyl (C=O) groups excluding carboxylic acids is 2. The second kappa shape index (κ2) is 10.9. The Hall–Kier alpha value is -2.70. The van der Waals surface area contributed by atoms with Gasteiger partial charge in [-0.25, -0.2) is 18.4 Å². The van der Waals surface area contributed by atoms with Crippen LogP contribution in [0.5, 0.6) is 0 Å². The van der Waals surface area contributed by atoms with Gasteiger partial charge in [0.2, 0.25) is 0 Å². The van der Waals surface area contributed by atoms with Gasteiger partial charge in [-0.1, -0.05) is 36.4 Å². The molecule has 0 N–H and O–H groups in total. The average molecular weight is 451 g/mol. The summed E-state index contributed by atoms with van der Waals surface area (Å²) in [6, 6.07) is 17.3. The van der Waals surface area contributed by atoms with Crippen molar-refractivity contribution in [2.24, 2.45) is 0 Å². The Morgan fingerprint density at radius 1 is 0.667 bits per heavy atom. The van der Waals surface area contributed by atoms with E-state index in [9.17, 15) is 9.59 Å². The van der Waals surface area contributed by atoms with Gasteiger partial charge in [-0.05, 0) is 52.0 Å². The normalized spacial score (nSPS) is 11.7. The van der Waals surface area contributed by atoms with E-state index in [-0.39, 0.29) is 11.4 Å². The predicted octanol–water partition coefficient (Wildman–Crippen LogP) is 5.42. The smallest absolute Gasteiger partial charge is 0.359 e. The summed E-state index contributed by atoms with van der Waals surface area (Å²) in [5, 5.41) is 0. The van der Waals surface area contributed by atoms with Gasteiger partial charge >= 0.3 is 11.9 Å². The van der Waals surface area contributed by atoms with Crippen LogP contribution in [0.2, 0.25) is 0 Å². The third-order valence-electron chi connectivity index (χ3n) is 3.65. The molecule has 0 amide bonds. The molecular formula is C22H24Cl2N2O4. The van der Waals surface area contributed by atoms with Crippen molar-refractivity contribution in [3.63, 3.8) is 0 Å². The number of carbonyl (C=O) groups is 2. The lowest BCUT2D eigenvalue weighted by Gasteiger charge is -2.26. The molecule has 2 rings (SSSR count). The molecule has 0 spiro atoms. The molecule has 160 valence electrons. The number of hydrogen-bond donors (Lipinski definition) is 0. The lowest BCUT2D eigenvalue weighted by atomic mass is 10.2. The first-order chi connectivity index (χ1) is 14.2. The number of para-hydroxylation sites is 2. The van der Waals surface area contributed by atoms with Crippen molar-refractivity contribution in [3.05, 3.63) is 72.1 Å². The van der Waals surface area contributed by atoms with E-state index >= 15 is 0 Å². The highest BCUT2D eigenvalue weighted by atomic mass is 35.5. The lowest BCUT2D eigenvalue weighted by Crippen LogP contribution is -2.33. The standard InChI is InChI=1S/C22H24Cl2N2O4/c1-15(2)29-21(27)19(25(23)17-11-7-5-8-12-17)20(22(28)30-16(3)4)26(24)18-13-9-6-10-14-18/h5-16H,1-4H3/b20-19-. The largest absolute Gasteiger partial charge is 0.458 e. The highest BCUT2D eigenvalue weighted by Gasteiger charge is 2.34. The Labute approximate surface area is 186 Å². The van der Waals surface area contributed by atoms with Gasteiger partial charge in [0.15, 0.2) is 11.4 Å². The van der Waals surface area contributed by atoms with E-state index in [0.29, 0.717) is 11.4 Å². The van der Waals surface area contributed by atoms with Crippen molar-refractivity contribution in [1.82, 2.24) is 0 Å². The van der Waals surface area contributed by atoms with Crippen molar-refractivity contribution in [2.45, 2.75) is 39.9 Å². The molecule has 0 atom stereocenters. The second-order valence-electron chi connectivity index (χ2n) is 6.84. The molecule has 2 aromatic carbocycles. The minimum Gasteiger partial charge on any atom is -0.458 e. The molecule has 0 fully saturated rings. The van der Waals surface area contributed by atoms with E-state index in [0.717, 1.165) is 8.84 Å². The summed E-state index contributed by atoms with van der Waals surface area (Å²) >= 11 is 13.1. The van der Waals surface area contributed by atoms with Gasteiger partial charge in [0.05, 0.1) is 23.6 Å². The third kappa shape index (κ3) is 6.15. The van der Waals surface area contributed by atoms with Crippen LogP contribution in [0.15, 0.2) is 72.1 Å². The van der Waals surface area contributed by atoms with Crippen LogP contribution in [-0.2, 0) is 19.1 Å². The fourth-order valence-corrected chi connectivity index (χ4v) is 2.98. The maximum atomic E-state index is 13.0. The van der Waals surface area contributed by atoms with Crippen LogP contribution in [-0.4, -0.2) is 24.1 Å². The molecular weight excluding hydrogens is 427 g/mol. The Balaban J connectivity index is 2.71. The van der Waals surface area contributed by atoms with E-state index in [1.807, 2.05) is 0 Å². The minimum absolute atomic E-state index is 0.263. The number of nitrogens with zero attached hydrogens (tertiary/aromatic N) is 2. The van der Waals surface area contributed by atoms with Crippen molar-refractivity contribution in [2.75, 3.05) is 8.84 Å².